The lowest BCUT2D eigenvalue weighted by molar-refractivity contribution is -0.147. The molecular weight excluding hydrogens is 316 g/mol. The third kappa shape index (κ3) is 2.74. The van der Waals surface area contributed by atoms with Crippen LogP contribution in [0.15, 0.2) is 24.3 Å². The summed E-state index contributed by atoms with van der Waals surface area (Å²) in [7, 11) is 0. The molecule has 1 N–H and O–H groups in total. The monoisotopic (exact) mass is 342 g/mol. The lowest BCUT2D eigenvalue weighted by atomic mass is 9.73. The van der Waals surface area contributed by atoms with Crippen molar-refractivity contribution in [1.82, 2.24) is 4.90 Å². The fourth-order valence-electron chi connectivity index (χ4n) is 4.68. The van der Waals surface area contributed by atoms with Crippen LogP contribution in [-0.4, -0.2) is 42.0 Å². The third-order valence-corrected chi connectivity index (χ3v) is 6.10. The number of carbonyl (C=O) groups is 2. The number of carbonyl (C=O) groups excluding carboxylic acids is 2. The summed E-state index contributed by atoms with van der Waals surface area (Å²) < 4.78 is 5.74. The summed E-state index contributed by atoms with van der Waals surface area (Å²) in [5.74, 6) is 0.369. The van der Waals surface area contributed by atoms with E-state index in [2.05, 4.69) is 19.2 Å². The molecule has 0 bridgehead atoms. The molecular formula is C20H26N2O3. The molecule has 0 saturated carbocycles. The van der Waals surface area contributed by atoms with E-state index >= 15 is 0 Å². The molecule has 2 amide bonds. The quantitative estimate of drug-likeness (QED) is 0.854. The van der Waals surface area contributed by atoms with Gasteiger partial charge >= 0.3 is 0 Å². The zero-order chi connectivity index (χ0) is 17.7. The van der Waals surface area contributed by atoms with Crippen LogP contribution >= 0.6 is 0 Å². The maximum atomic E-state index is 12.9. The maximum absolute atomic E-state index is 12.9. The Morgan fingerprint density at radius 2 is 1.96 bits per heavy atom. The summed E-state index contributed by atoms with van der Waals surface area (Å²) in [6, 6.07) is 7.95. The zero-order valence-corrected chi connectivity index (χ0v) is 15.0. The first kappa shape index (κ1) is 16.6. The van der Waals surface area contributed by atoms with Crippen molar-refractivity contribution in [3.63, 3.8) is 0 Å². The summed E-state index contributed by atoms with van der Waals surface area (Å²) in [4.78, 5) is 27.5. The standard InChI is InChI=1S/C20H26N2O3/c1-19(2)13-14(7-12-25-19)17(23)22-10-8-20(9-11-22)15-5-3-4-6-16(15)21-18(20)24/h3-6,14H,7-13H2,1-2H3,(H,21,24). The Hall–Kier alpha value is -1.88. The van der Waals surface area contributed by atoms with Crippen LogP contribution < -0.4 is 5.32 Å². The molecule has 0 aromatic heterocycles. The normalized spacial score (nSPS) is 27.0. The van der Waals surface area contributed by atoms with E-state index in [1.54, 1.807) is 0 Å². The molecule has 3 aliphatic heterocycles. The van der Waals surface area contributed by atoms with Gasteiger partial charge in [0.15, 0.2) is 0 Å². The van der Waals surface area contributed by atoms with E-state index < -0.39 is 5.41 Å². The second-order valence-electron chi connectivity index (χ2n) is 8.20. The van der Waals surface area contributed by atoms with Crippen LogP contribution in [0.1, 0.15) is 45.1 Å². The van der Waals surface area contributed by atoms with Gasteiger partial charge in [-0.3, -0.25) is 9.59 Å². The van der Waals surface area contributed by atoms with E-state index in [0.29, 0.717) is 32.5 Å². The number of rotatable bonds is 1. The molecule has 4 rings (SSSR count). The molecule has 1 unspecified atom stereocenters. The van der Waals surface area contributed by atoms with Crippen LogP contribution in [-0.2, 0) is 19.7 Å². The summed E-state index contributed by atoms with van der Waals surface area (Å²) in [5, 5.41) is 3.02. The van der Waals surface area contributed by atoms with Gasteiger partial charge in [-0.25, -0.2) is 0 Å². The molecule has 0 aliphatic carbocycles. The summed E-state index contributed by atoms with van der Waals surface area (Å²) in [5.41, 5.74) is 1.35. The zero-order valence-electron chi connectivity index (χ0n) is 15.0. The Kier molecular flexibility index (Phi) is 3.87. The molecule has 1 atom stereocenters. The second-order valence-corrected chi connectivity index (χ2v) is 8.20. The van der Waals surface area contributed by atoms with Gasteiger partial charge < -0.3 is 15.0 Å². The van der Waals surface area contributed by atoms with Crippen LogP contribution in [0.25, 0.3) is 0 Å². The molecule has 5 nitrogen and oxygen atoms in total. The van der Waals surface area contributed by atoms with Gasteiger partial charge in [-0.15, -0.1) is 0 Å². The molecule has 1 spiro atoms. The van der Waals surface area contributed by atoms with E-state index in [0.717, 1.165) is 24.1 Å². The maximum Gasteiger partial charge on any atom is 0.235 e. The Bertz CT molecular complexity index is 705. The molecule has 1 aromatic rings. The van der Waals surface area contributed by atoms with Crippen molar-refractivity contribution < 1.29 is 14.3 Å². The van der Waals surface area contributed by atoms with Gasteiger partial charge in [0.2, 0.25) is 11.8 Å². The molecule has 2 saturated heterocycles. The first-order chi connectivity index (χ1) is 11.9. The highest BCUT2D eigenvalue weighted by molar-refractivity contribution is 6.06. The molecule has 3 aliphatic rings. The van der Waals surface area contributed by atoms with Crippen molar-refractivity contribution in [1.29, 1.82) is 0 Å². The predicted molar refractivity (Wildman–Crippen MR) is 95.3 cm³/mol. The predicted octanol–water partition coefficient (Wildman–Crippen LogP) is 2.70. The van der Waals surface area contributed by atoms with Crippen LogP contribution in [0, 0.1) is 5.92 Å². The minimum atomic E-state index is -0.456. The van der Waals surface area contributed by atoms with Crippen molar-refractivity contribution >= 4 is 17.5 Å². The number of likely N-dealkylation sites (tertiary alicyclic amines) is 1. The van der Waals surface area contributed by atoms with Gasteiger partial charge in [-0.05, 0) is 51.2 Å². The van der Waals surface area contributed by atoms with E-state index in [1.165, 1.54) is 0 Å². The number of hydrogen-bond acceptors (Lipinski definition) is 3. The second kappa shape index (κ2) is 5.84. The van der Waals surface area contributed by atoms with E-state index in [9.17, 15) is 9.59 Å². The molecule has 2 fully saturated rings. The van der Waals surface area contributed by atoms with Gasteiger partial charge in [0, 0.05) is 31.3 Å². The first-order valence-corrected chi connectivity index (χ1v) is 9.25. The van der Waals surface area contributed by atoms with Gasteiger partial charge in [-0.2, -0.15) is 0 Å². The smallest absolute Gasteiger partial charge is 0.235 e. The summed E-state index contributed by atoms with van der Waals surface area (Å²) in [6.45, 7) is 6.06. The lowest BCUT2D eigenvalue weighted by Crippen LogP contribution is -2.51. The molecule has 3 heterocycles. The third-order valence-electron chi connectivity index (χ3n) is 6.10. The number of hydrogen-bond donors (Lipinski definition) is 1. The number of nitrogens with one attached hydrogen (secondary N) is 1. The van der Waals surface area contributed by atoms with Crippen molar-refractivity contribution in [3.05, 3.63) is 29.8 Å². The summed E-state index contributed by atoms with van der Waals surface area (Å²) in [6.07, 6.45) is 2.98. The molecule has 5 heteroatoms. The van der Waals surface area contributed by atoms with E-state index in [1.807, 2.05) is 29.2 Å². The highest BCUT2D eigenvalue weighted by atomic mass is 16.5. The summed E-state index contributed by atoms with van der Waals surface area (Å²) >= 11 is 0. The largest absolute Gasteiger partial charge is 0.376 e. The highest BCUT2D eigenvalue weighted by Crippen LogP contribution is 2.45. The SMILES string of the molecule is CC1(C)CC(C(=O)N2CCC3(CC2)C(=O)Nc2ccccc23)CCO1. The van der Waals surface area contributed by atoms with Gasteiger partial charge in [0.1, 0.15) is 0 Å². The molecule has 134 valence electrons. The number of ether oxygens (including phenoxy) is 1. The lowest BCUT2D eigenvalue weighted by Gasteiger charge is -2.41. The number of nitrogens with zero attached hydrogens (tertiary/aromatic N) is 1. The fourth-order valence-corrected chi connectivity index (χ4v) is 4.68. The van der Waals surface area contributed by atoms with Crippen LogP contribution in [0.5, 0.6) is 0 Å². The van der Waals surface area contributed by atoms with Crippen LogP contribution in [0.3, 0.4) is 0 Å². The Labute approximate surface area is 148 Å². The Morgan fingerprint density at radius 1 is 1.24 bits per heavy atom. The van der Waals surface area contributed by atoms with Gasteiger partial charge in [0.25, 0.3) is 0 Å². The molecule has 25 heavy (non-hydrogen) atoms. The number of amides is 2. The number of anilines is 1. The van der Waals surface area contributed by atoms with E-state index in [4.69, 9.17) is 4.74 Å². The topological polar surface area (TPSA) is 58.6 Å². The minimum absolute atomic E-state index is 0.0440. The van der Waals surface area contributed by atoms with Gasteiger partial charge in [0.05, 0.1) is 11.0 Å². The average molecular weight is 342 g/mol. The van der Waals surface area contributed by atoms with Crippen molar-refractivity contribution in [3.8, 4) is 0 Å². The number of benzene rings is 1. The Morgan fingerprint density at radius 3 is 2.68 bits per heavy atom. The van der Waals surface area contributed by atoms with E-state index in [-0.39, 0.29) is 23.3 Å². The highest BCUT2D eigenvalue weighted by Gasteiger charge is 2.49. The van der Waals surface area contributed by atoms with Gasteiger partial charge in [-0.1, -0.05) is 18.2 Å². The fraction of sp³-hybridized carbons (Fsp3) is 0.600. The minimum Gasteiger partial charge on any atom is -0.376 e. The molecule has 0 radical (unpaired) electrons. The van der Waals surface area contributed by atoms with Crippen LogP contribution in [0.2, 0.25) is 0 Å². The first-order valence-electron chi connectivity index (χ1n) is 9.25. The van der Waals surface area contributed by atoms with Crippen molar-refractivity contribution in [2.24, 2.45) is 5.92 Å². The molecule has 1 aromatic carbocycles. The van der Waals surface area contributed by atoms with Crippen molar-refractivity contribution in [2.75, 3.05) is 25.0 Å². The average Bonchev–Trinajstić information content (AvgIpc) is 2.86. The van der Waals surface area contributed by atoms with Crippen molar-refractivity contribution in [2.45, 2.75) is 50.5 Å². The Balaban J connectivity index is 1.47. The number of fused-ring (bicyclic) bond motifs is 2. The van der Waals surface area contributed by atoms with Crippen LogP contribution in [0.4, 0.5) is 5.69 Å². The number of para-hydroxylation sites is 1. The number of piperidine rings is 1.